The Bertz CT molecular complexity index is 94.3. The molecule has 88 valence electrons. The lowest BCUT2D eigenvalue weighted by Crippen LogP contribution is -1.97. The van der Waals surface area contributed by atoms with Gasteiger partial charge in [0, 0.05) is 8.80 Å². The molecular formula is C12H30OSi. The van der Waals surface area contributed by atoms with Crippen molar-refractivity contribution in [2.45, 2.75) is 77.4 Å². The third kappa shape index (κ3) is 14.7. The number of unbranched alkanes of at least 4 members (excludes halogenated alkanes) is 7. The Morgan fingerprint density at radius 3 is 1.57 bits per heavy atom. The van der Waals surface area contributed by atoms with Crippen molar-refractivity contribution in [3.8, 4) is 0 Å². The molecule has 0 atom stereocenters. The maximum atomic E-state index is 2.46. The average Bonchev–Trinajstić information content (AvgIpc) is 2.09. The summed E-state index contributed by atoms with van der Waals surface area (Å²) in [5.74, 6) is 0. The number of hydrogen-bond donors (Lipinski definition) is 0. The molecule has 14 heavy (non-hydrogen) atoms. The van der Waals surface area contributed by atoms with Crippen LogP contribution in [0.5, 0.6) is 0 Å². The van der Waals surface area contributed by atoms with E-state index in [0.717, 1.165) is 0 Å². The molecule has 0 aliphatic carbocycles. The normalized spacial score (nSPS) is 10.3. The first-order valence-electron chi connectivity index (χ1n) is 6.27. The Morgan fingerprint density at radius 1 is 0.714 bits per heavy atom. The van der Waals surface area contributed by atoms with Crippen molar-refractivity contribution in [3.05, 3.63) is 0 Å². The highest BCUT2D eigenvalue weighted by atomic mass is 28.3. The van der Waals surface area contributed by atoms with Crippen molar-refractivity contribution in [2.24, 2.45) is 0 Å². The van der Waals surface area contributed by atoms with E-state index in [0.29, 0.717) is 0 Å². The molecule has 0 saturated carbocycles. The second-order valence-electron chi connectivity index (χ2n) is 4.66. The lowest BCUT2D eigenvalue weighted by atomic mass is 10.1. The predicted octanol–water partition coefficient (Wildman–Crippen LogP) is 3.79. The summed E-state index contributed by atoms with van der Waals surface area (Å²) in [6, 6.07) is 1.56. The van der Waals surface area contributed by atoms with Crippen LogP contribution in [0.25, 0.3) is 0 Å². The van der Waals surface area contributed by atoms with E-state index in [1.807, 2.05) is 0 Å². The second-order valence-corrected chi connectivity index (χ2v) is 8.02. The van der Waals surface area contributed by atoms with E-state index in [9.17, 15) is 0 Å². The van der Waals surface area contributed by atoms with Crippen LogP contribution >= 0.6 is 0 Å². The Labute approximate surface area is 92.2 Å². The van der Waals surface area contributed by atoms with Gasteiger partial charge in [-0.05, 0) is 0 Å². The van der Waals surface area contributed by atoms with E-state index < -0.39 is 0 Å². The minimum Gasteiger partial charge on any atom is -0.412 e. The minimum absolute atomic E-state index is 0. The van der Waals surface area contributed by atoms with Gasteiger partial charge in [-0.1, -0.05) is 77.4 Å². The van der Waals surface area contributed by atoms with Crippen LogP contribution < -0.4 is 0 Å². The van der Waals surface area contributed by atoms with E-state index >= 15 is 0 Å². The topological polar surface area (TPSA) is 31.5 Å². The summed E-state index contributed by atoms with van der Waals surface area (Å²) in [4.78, 5) is 0. The van der Waals surface area contributed by atoms with Crippen LogP contribution in [-0.2, 0) is 0 Å². The molecule has 0 fully saturated rings. The van der Waals surface area contributed by atoms with Crippen LogP contribution in [0.4, 0.5) is 0 Å². The molecule has 0 amide bonds. The standard InChI is InChI=1S/C12H28Si.H2O/c1-4-5-6-7-8-9-10-11-12-13(2)3;/h13H,4-12H2,1-3H3;1H2. The molecular weight excluding hydrogens is 188 g/mol. The Balaban J connectivity index is 0. The predicted molar refractivity (Wildman–Crippen MR) is 69.9 cm³/mol. The van der Waals surface area contributed by atoms with Crippen molar-refractivity contribution < 1.29 is 5.48 Å². The summed E-state index contributed by atoms with van der Waals surface area (Å²) < 4.78 is 0. The number of hydrogen-bond acceptors (Lipinski definition) is 0. The van der Waals surface area contributed by atoms with E-state index in [4.69, 9.17) is 0 Å². The zero-order valence-corrected chi connectivity index (χ0v) is 11.6. The number of rotatable bonds is 9. The summed E-state index contributed by atoms with van der Waals surface area (Å²) in [6.07, 6.45) is 11.7. The van der Waals surface area contributed by atoms with Crippen LogP contribution in [0.2, 0.25) is 19.1 Å². The van der Waals surface area contributed by atoms with Crippen molar-refractivity contribution in [2.75, 3.05) is 0 Å². The monoisotopic (exact) mass is 218 g/mol. The fourth-order valence-corrected chi connectivity index (χ4v) is 2.79. The van der Waals surface area contributed by atoms with Crippen molar-refractivity contribution in [3.63, 3.8) is 0 Å². The molecule has 0 spiro atoms. The molecule has 0 aromatic rings. The van der Waals surface area contributed by atoms with Crippen LogP contribution in [0.1, 0.15) is 58.3 Å². The van der Waals surface area contributed by atoms with Gasteiger partial charge in [0.2, 0.25) is 0 Å². The summed E-state index contributed by atoms with van der Waals surface area (Å²) in [5.41, 5.74) is 0. The fraction of sp³-hybridized carbons (Fsp3) is 1.00. The first-order chi connectivity index (χ1) is 6.27. The highest BCUT2D eigenvalue weighted by Gasteiger charge is 1.95. The second kappa shape index (κ2) is 13.2. The van der Waals surface area contributed by atoms with Gasteiger partial charge in [0.1, 0.15) is 0 Å². The zero-order valence-electron chi connectivity index (χ0n) is 10.4. The summed E-state index contributed by atoms with van der Waals surface area (Å²) in [5, 5.41) is 0. The average molecular weight is 218 g/mol. The molecule has 0 unspecified atom stereocenters. The molecule has 0 aliphatic heterocycles. The maximum Gasteiger partial charge on any atom is 0.0305 e. The molecule has 0 radical (unpaired) electrons. The largest absolute Gasteiger partial charge is 0.412 e. The molecule has 1 nitrogen and oxygen atoms in total. The van der Waals surface area contributed by atoms with Gasteiger partial charge in [-0.2, -0.15) is 0 Å². The van der Waals surface area contributed by atoms with Gasteiger partial charge in [0.05, 0.1) is 0 Å². The molecule has 0 aromatic heterocycles. The van der Waals surface area contributed by atoms with Gasteiger partial charge in [-0.3, -0.25) is 0 Å². The van der Waals surface area contributed by atoms with Gasteiger partial charge < -0.3 is 5.48 Å². The van der Waals surface area contributed by atoms with Gasteiger partial charge in [0.25, 0.3) is 0 Å². The Morgan fingerprint density at radius 2 is 1.14 bits per heavy atom. The third-order valence-corrected chi connectivity index (χ3v) is 4.20. The highest BCUT2D eigenvalue weighted by Crippen LogP contribution is 2.10. The maximum absolute atomic E-state index is 2.46. The molecule has 2 heteroatoms. The van der Waals surface area contributed by atoms with Crippen LogP contribution in [0.15, 0.2) is 0 Å². The van der Waals surface area contributed by atoms with Crippen LogP contribution in [0, 0.1) is 0 Å². The first-order valence-corrected chi connectivity index (χ1v) is 9.40. The lowest BCUT2D eigenvalue weighted by molar-refractivity contribution is 0.584. The smallest absolute Gasteiger partial charge is 0.0305 e. The van der Waals surface area contributed by atoms with Crippen molar-refractivity contribution >= 4 is 8.80 Å². The van der Waals surface area contributed by atoms with E-state index in [2.05, 4.69) is 20.0 Å². The fourth-order valence-electron chi connectivity index (χ4n) is 1.69. The molecule has 0 bridgehead atoms. The van der Waals surface area contributed by atoms with Gasteiger partial charge in [-0.15, -0.1) is 0 Å². The summed E-state index contributed by atoms with van der Waals surface area (Å²) in [6.45, 7) is 7.20. The molecule has 2 N–H and O–H groups in total. The van der Waals surface area contributed by atoms with Gasteiger partial charge in [0.15, 0.2) is 0 Å². The molecule has 0 heterocycles. The zero-order chi connectivity index (χ0) is 9.94. The quantitative estimate of drug-likeness (QED) is 0.416. The van der Waals surface area contributed by atoms with E-state index in [1.165, 1.54) is 51.4 Å². The SMILES string of the molecule is CCCCCCCCCC[SiH](C)C.O. The molecule has 0 aliphatic rings. The highest BCUT2D eigenvalue weighted by molar-refractivity contribution is 6.55. The van der Waals surface area contributed by atoms with Gasteiger partial charge in [-0.25, -0.2) is 0 Å². The third-order valence-electron chi connectivity index (χ3n) is 2.64. The van der Waals surface area contributed by atoms with Crippen LogP contribution in [0.3, 0.4) is 0 Å². The molecule has 0 aromatic carbocycles. The van der Waals surface area contributed by atoms with Crippen molar-refractivity contribution in [1.29, 1.82) is 0 Å². The Hall–Kier alpha value is 0.177. The summed E-state index contributed by atoms with van der Waals surface area (Å²) >= 11 is 0. The summed E-state index contributed by atoms with van der Waals surface area (Å²) in [7, 11) is -0.240. The van der Waals surface area contributed by atoms with E-state index in [-0.39, 0.29) is 14.3 Å². The van der Waals surface area contributed by atoms with Gasteiger partial charge >= 0.3 is 0 Å². The lowest BCUT2D eigenvalue weighted by Gasteiger charge is -2.03. The van der Waals surface area contributed by atoms with Crippen LogP contribution in [-0.4, -0.2) is 14.3 Å². The molecule has 0 rings (SSSR count). The van der Waals surface area contributed by atoms with Crippen molar-refractivity contribution in [1.82, 2.24) is 0 Å². The first kappa shape index (κ1) is 16.6. The minimum atomic E-state index is -0.240. The molecule has 0 saturated heterocycles. The Kier molecular flexibility index (Phi) is 15.6. The van der Waals surface area contributed by atoms with E-state index in [1.54, 1.807) is 6.04 Å².